The van der Waals surface area contributed by atoms with Gasteiger partial charge >= 0.3 is 0 Å². The van der Waals surface area contributed by atoms with Crippen molar-refractivity contribution >= 4 is 5.97 Å². The number of carboxylic acid groups (broad SMARTS) is 1. The number of hydrogen-bond donors (Lipinski definition) is 1. The van der Waals surface area contributed by atoms with Crippen LogP contribution in [0.4, 0.5) is 0 Å². The molecule has 0 bridgehead atoms. The lowest BCUT2D eigenvalue weighted by atomic mass is 10.4. The van der Waals surface area contributed by atoms with E-state index >= 15 is 0 Å². The molecule has 4 heteroatoms. The van der Waals surface area contributed by atoms with Gasteiger partial charge in [0, 0.05) is 6.20 Å². The number of carboxylic acids is 1. The Balaban J connectivity index is 0.000000354. The zero-order valence-corrected chi connectivity index (χ0v) is 7.15. The number of nitrogens with zero attached hydrogens (tertiary/aromatic N) is 1. The third-order valence-electron chi connectivity index (χ3n) is 0.874. The molecule has 0 aliphatic rings. The van der Waals surface area contributed by atoms with Crippen LogP contribution in [0.25, 0.3) is 0 Å². The van der Waals surface area contributed by atoms with Crippen LogP contribution >= 0.6 is 0 Å². The predicted octanol–water partition coefficient (Wildman–Crippen LogP) is -1.75. The quantitative estimate of drug-likeness (QED) is 0.541. The third-order valence-corrected chi connectivity index (χ3v) is 0.874. The van der Waals surface area contributed by atoms with Crippen molar-refractivity contribution in [2.45, 2.75) is 0 Å². The molecule has 1 heterocycles. The summed E-state index contributed by atoms with van der Waals surface area (Å²) in [6.07, 6.45) is 1.41. The van der Waals surface area contributed by atoms with Gasteiger partial charge in [-0.05, 0) is 12.1 Å². The molecule has 1 aromatic heterocycles. The van der Waals surface area contributed by atoms with Crippen molar-refractivity contribution in [2.75, 3.05) is 14.1 Å². The van der Waals surface area contributed by atoms with Crippen molar-refractivity contribution in [3.05, 3.63) is 30.1 Å². The van der Waals surface area contributed by atoms with Gasteiger partial charge in [0.2, 0.25) is 0 Å². The average molecular weight is 168 g/mol. The van der Waals surface area contributed by atoms with Crippen LogP contribution in [0, 0.1) is 0 Å². The standard InChI is InChI=1S/C6H5NO2.C2H7N/c8-6(9)5-3-1-2-4-7-5;1-3-2/h1-4H,(H,8,9);3H,1-2H3. The number of quaternary nitrogens is 1. The van der Waals surface area contributed by atoms with E-state index in [-0.39, 0.29) is 5.69 Å². The van der Waals surface area contributed by atoms with Gasteiger partial charge in [-0.3, -0.25) is 4.98 Å². The Morgan fingerprint density at radius 3 is 2.33 bits per heavy atom. The monoisotopic (exact) mass is 168 g/mol. The molecule has 0 saturated heterocycles. The number of aromatic nitrogens is 1. The molecule has 1 rings (SSSR count). The Morgan fingerprint density at radius 2 is 2.08 bits per heavy atom. The van der Waals surface area contributed by atoms with E-state index in [4.69, 9.17) is 0 Å². The van der Waals surface area contributed by atoms with Crippen molar-refractivity contribution in [1.29, 1.82) is 0 Å². The Kier molecular flexibility index (Phi) is 5.55. The lowest BCUT2D eigenvalue weighted by Gasteiger charge is -1.96. The first kappa shape index (κ1) is 10.6. The Bertz CT molecular complexity index is 224. The summed E-state index contributed by atoms with van der Waals surface area (Å²) in [6.45, 7) is 0. The van der Waals surface area contributed by atoms with Crippen LogP contribution in [0.1, 0.15) is 10.5 Å². The number of nitrogens with two attached hydrogens (primary N) is 1. The van der Waals surface area contributed by atoms with E-state index in [1.807, 2.05) is 19.4 Å². The molecule has 12 heavy (non-hydrogen) atoms. The molecule has 0 spiro atoms. The van der Waals surface area contributed by atoms with Crippen LogP contribution in [-0.4, -0.2) is 25.0 Å². The third kappa shape index (κ3) is 4.40. The molecule has 0 radical (unpaired) electrons. The lowest BCUT2D eigenvalue weighted by molar-refractivity contribution is -0.597. The Hall–Kier alpha value is -1.42. The zero-order chi connectivity index (χ0) is 9.40. The fourth-order valence-corrected chi connectivity index (χ4v) is 0.484. The first-order valence-corrected chi connectivity index (χ1v) is 3.58. The lowest BCUT2D eigenvalue weighted by Crippen LogP contribution is -2.74. The smallest absolute Gasteiger partial charge is 0.0899 e. The van der Waals surface area contributed by atoms with E-state index in [2.05, 4.69) is 4.98 Å². The second kappa shape index (κ2) is 6.30. The molecular formula is C8H12N2O2. The topological polar surface area (TPSA) is 69.6 Å². The highest BCUT2D eigenvalue weighted by molar-refractivity contribution is 5.83. The first-order valence-electron chi connectivity index (χ1n) is 3.58. The Morgan fingerprint density at radius 1 is 1.50 bits per heavy atom. The van der Waals surface area contributed by atoms with Crippen LogP contribution in [0.3, 0.4) is 0 Å². The van der Waals surface area contributed by atoms with E-state index in [1.54, 1.807) is 12.1 Å². The van der Waals surface area contributed by atoms with Crippen LogP contribution in [0.5, 0.6) is 0 Å². The molecular weight excluding hydrogens is 156 g/mol. The highest BCUT2D eigenvalue weighted by Crippen LogP contribution is 1.88. The minimum atomic E-state index is -1.24. The van der Waals surface area contributed by atoms with Gasteiger partial charge in [0.25, 0.3) is 0 Å². The SMILES string of the molecule is C[NH2+]C.O=C([O-])c1ccccn1. The van der Waals surface area contributed by atoms with Gasteiger partial charge in [-0.2, -0.15) is 0 Å². The molecule has 0 aliphatic carbocycles. The van der Waals surface area contributed by atoms with Crippen molar-refractivity contribution in [2.24, 2.45) is 0 Å². The summed E-state index contributed by atoms with van der Waals surface area (Å²) in [7, 11) is 4.00. The molecule has 2 N–H and O–H groups in total. The zero-order valence-electron chi connectivity index (χ0n) is 7.15. The molecule has 0 unspecified atom stereocenters. The van der Waals surface area contributed by atoms with Gasteiger partial charge in [0.15, 0.2) is 0 Å². The van der Waals surface area contributed by atoms with Crippen LogP contribution in [0.15, 0.2) is 24.4 Å². The minimum Gasteiger partial charge on any atom is -0.543 e. The summed E-state index contributed by atoms with van der Waals surface area (Å²) < 4.78 is 0. The molecule has 66 valence electrons. The number of carbonyl (C=O) groups is 1. The van der Waals surface area contributed by atoms with Crippen LogP contribution in [-0.2, 0) is 0 Å². The average Bonchev–Trinajstić information content (AvgIpc) is 2.07. The van der Waals surface area contributed by atoms with Crippen molar-refractivity contribution in [3.63, 3.8) is 0 Å². The first-order chi connectivity index (χ1) is 5.72. The van der Waals surface area contributed by atoms with E-state index in [0.29, 0.717) is 0 Å². The fourth-order valence-electron chi connectivity index (χ4n) is 0.484. The number of hydrogen-bond acceptors (Lipinski definition) is 3. The molecule has 0 aliphatic heterocycles. The van der Waals surface area contributed by atoms with Crippen molar-refractivity contribution in [3.8, 4) is 0 Å². The maximum Gasteiger partial charge on any atom is 0.0899 e. The van der Waals surface area contributed by atoms with Crippen LogP contribution < -0.4 is 10.4 Å². The second-order valence-corrected chi connectivity index (χ2v) is 2.08. The molecule has 4 nitrogen and oxygen atoms in total. The maximum atomic E-state index is 10.0. The maximum absolute atomic E-state index is 10.0. The van der Waals surface area contributed by atoms with Gasteiger partial charge in [0.1, 0.15) is 0 Å². The van der Waals surface area contributed by atoms with Gasteiger partial charge in [-0.1, -0.05) is 6.07 Å². The number of rotatable bonds is 1. The molecule has 0 atom stereocenters. The normalized spacial score (nSPS) is 8.17. The molecule has 0 saturated carbocycles. The fraction of sp³-hybridized carbons (Fsp3) is 0.250. The van der Waals surface area contributed by atoms with E-state index < -0.39 is 5.97 Å². The van der Waals surface area contributed by atoms with Crippen molar-refractivity contribution in [1.82, 2.24) is 4.98 Å². The summed E-state index contributed by atoms with van der Waals surface area (Å²) in [4.78, 5) is 13.5. The van der Waals surface area contributed by atoms with Gasteiger partial charge in [0.05, 0.1) is 25.8 Å². The van der Waals surface area contributed by atoms with E-state index in [9.17, 15) is 9.90 Å². The number of carbonyl (C=O) groups excluding carboxylic acids is 1. The Labute approximate surface area is 71.3 Å². The highest BCUT2D eigenvalue weighted by atomic mass is 16.4. The molecule has 1 aromatic rings. The summed E-state index contributed by atoms with van der Waals surface area (Å²) in [5.74, 6) is -1.24. The van der Waals surface area contributed by atoms with E-state index in [1.165, 1.54) is 12.3 Å². The molecule has 0 amide bonds. The summed E-state index contributed by atoms with van der Waals surface area (Å²) in [5, 5.41) is 12.0. The molecule has 0 aromatic carbocycles. The summed E-state index contributed by atoms with van der Waals surface area (Å²) >= 11 is 0. The van der Waals surface area contributed by atoms with Crippen molar-refractivity contribution < 1.29 is 15.2 Å². The highest BCUT2D eigenvalue weighted by Gasteiger charge is 1.87. The van der Waals surface area contributed by atoms with Gasteiger partial charge in [-0.15, -0.1) is 0 Å². The number of pyridine rings is 1. The second-order valence-electron chi connectivity index (χ2n) is 2.08. The van der Waals surface area contributed by atoms with Crippen LogP contribution in [0.2, 0.25) is 0 Å². The van der Waals surface area contributed by atoms with Gasteiger partial charge in [-0.25, -0.2) is 0 Å². The summed E-state index contributed by atoms with van der Waals surface area (Å²) in [6, 6.07) is 4.62. The molecule has 0 fully saturated rings. The predicted molar refractivity (Wildman–Crippen MR) is 42.3 cm³/mol. The van der Waals surface area contributed by atoms with E-state index in [0.717, 1.165) is 0 Å². The number of aromatic carboxylic acids is 1. The largest absolute Gasteiger partial charge is 0.543 e. The minimum absolute atomic E-state index is 0.0301. The summed E-state index contributed by atoms with van der Waals surface area (Å²) in [5.41, 5.74) is -0.0301. The van der Waals surface area contributed by atoms with Gasteiger partial charge < -0.3 is 15.2 Å².